The zero-order valence-electron chi connectivity index (χ0n) is 17.3. The third-order valence-corrected chi connectivity index (χ3v) is 7.40. The van der Waals surface area contributed by atoms with Crippen molar-refractivity contribution in [1.29, 1.82) is 0 Å². The SMILES string of the molecule is CC(=O)N[C@H](C)[C@H]1C(=O)N2C(C(=O)O)=C(S[C@@H]3CN[C@H](C(=O)N(C)C)C3)[C@H](C)[C@@H]12. The molecule has 29 heavy (non-hydrogen) atoms. The number of carboxylic acids is 1. The number of carbonyl (C=O) groups excluding carboxylic acids is 3. The number of amides is 3. The fourth-order valence-corrected chi connectivity index (χ4v) is 6.06. The molecular formula is C19H28N4O5S. The van der Waals surface area contributed by atoms with Crippen LogP contribution in [0.1, 0.15) is 27.2 Å². The molecule has 0 aromatic carbocycles. The Hall–Kier alpha value is -2.07. The van der Waals surface area contributed by atoms with E-state index in [0.29, 0.717) is 17.9 Å². The summed E-state index contributed by atoms with van der Waals surface area (Å²) >= 11 is 1.45. The fourth-order valence-electron chi connectivity index (χ4n) is 4.58. The van der Waals surface area contributed by atoms with Gasteiger partial charge in [-0.15, -0.1) is 11.8 Å². The van der Waals surface area contributed by atoms with Gasteiger partial charge in [-0.2, -0.15) is 0 Å². The van der Waals surface area contributed by atoms with Gasteiger partial charge in [-0.3, -0.25) is 14.4 Å². The van der Waals surface area contributed by atoms with Crippen molar-refractivity contribution in [2.75, 3.05) is 20.6 Å². The van der Waals surface area contributed by atoms with Crippen LogP contribution in [0.25, 0.3) is 0 Å². The van der Waals surface area contributed by atoms with Crippen molar-refractivity contribution in [1.82, 2.24) is 20.4 Å². The van der Waals surface area contributed by atoms with E-state index < -0.39 is 11.9 Å². The summed E-state index contributed by atoms with van der Waals surface area (Å²) in [7, 11) is 3.42. The smallest absolute Gasteiger partial charge is 0.353 e. The van der Waals surface area contributed by atoms with Crippen molar-refractivity contribution in [3.05, 3.63) is 10.6 Å². The third kappa shape index (κ3) is 3.75. The molecule has 3 N–H and O–H groups in total. The Labute approximate surface area is 174 Å². The molecule has 3 heterocycles. The Morgan fingerprint density at radius 2 is 2.00 bits per heavy atom. The lowest BCUT2D eigenvalue weighted by atomic mass is 9.78. The van der Waals surface area contributed by atoms with Gasteiger partial charge in [0.25, 0.3) is 0 Å². The Morgan fingerprint density at radius 3 is 2.55 bits per heavy atom. The number of fused-ring (bicyclic) bond motifs is 1. The summed E-state index contributed by atoms with van der Waals surface area (Å²) in [5.41, 5.74) is 0.0474. The van der Waals surface area contributed by atoms with E-state index in [1.165, 1.54) is 23.6 Å². The zero-order chi connectivity index (χ0) is 21.6. The van der Waals surface area contributed by atoms with Gasteiger partial charge in [0.05, 0.1) is 18.0 Å². The monoisotopic (exact) mass is 424 g/mol. The number of nitrogens with one attached hydrogen (secondary N) is 2. The van der Waals surface area contributed by atoms with Crippen molar-refractivity contribution in [3.8, 4) is 0 Å². The lowest BCUT2D eigenvalue weighted by Crippen LogP contribution is -2.66. The number of nitrogens with zero attached hydrogens (tertiary/aromatic N) is 2. The van der Waals surface area contributed by atoms with E-state index in [4.69, 9.17) is 0 Å². The Morgan fingerprint density at radius 1 is 1.34 bits per heavy atom. The Balaban J connectivity index is 1.77. The number of likely N-dealkylation sites (N-methyl/N-ethyl adjacent to an activating group) is 1. The molecule has 160 valence electrons. The highest BCUT2D eigenvalue weighted by Gasteiger charge is 2.60. The maximum Gasteiger partial charge on any atom is 0.353 e. The van der Waals surface area contributed by atoms with Gasteiger partial charge in [-0.25, -0.2) is 4.79 Å². The molecule has 2 fully saturated rings. The molecule has 3 rings (SSSR count). The van der Waals surface area contributed by atoms with Gasteiger partial charge < -0.3 is 25.5 Å². The molecule has 10 heteroatoms. The predicted octanol–water partition coefficient (Wildman–Crippen LogP) is -0.164. The van der Waals surface area contributed by atoms with Crippen LogP contribution in [0.15, 0.2) is 10.6 Å². The van der Waals surface area contributed by atoms with E-state index in [-0.39, 0.29) is 52.7 Å². The van der Waals surface area contributed by atoms with E-state index in [1.807, 2.05) is 6.92 Å². The van der Waals surface area contributed by atoms with Gasteiger partial charge in [0.1, 0.15) is 5.70 Å². The predicted molar refractivity (Wildman–Crippen MR) is 108 cm³/mol. The molecule has 6 atom stereocenters. The largest absolute Gasteiger partial charge is 0.477 e. The number of hydrogen-bond acceptors (Lipinski definition) is 6. The molecule has 3 aliphatic rings. The first-order chi connectivity index (χ1) is 13.5. The van der Waals surface area contributed by atoms with Gasteiger partial charge in [0, 0.05) is 49.7 Å². The first kappa shape index (κ1) is 21.6. The van der Waals surface area contributed by atoms with E-state index in [1.54, 1.807) is 25.9 Å². The molecule has 0 radical (unpaired) electrons. The summed E-state index contributed by atoms with van der Waals surface area (Å²) in [5.74, 6) is -2.18. The molecule has 0 aromatic heterocycles. The van der Waals surface area contributed by atoms with Crippen LogP contribution in [-0.2, 0) is 19.2 Å². The molecule has 0 spiro atoms. The number of carboxylic acid groups (broad SMARTS) is 1. The third-order valence-electron chi connectivity index (χ3n) is 5.88. The topological polar surface area (TPSA) is 119 Å². The minimum absolute atomic E-state index is 0.00296. The second kappa shape index (κ2) is 7.98. The second-order valence-electron chi connectivity index (χ2n) is 8.19. The van der Waals surface area contributed by atoms with Crippen LogP contribution in [-0.4, -0.2) is 82.6 Å². The van der Waals surface area contributed by atoms with Crippen LogP contribution in [0.2, 0.25) is 0 Å². The first-order valence-electron chi connectivity index (χ1n) is 9.73. The summed E-state index contributed by atoms with van der Waals surface area (Å²) in [6, 6.07) is -0.913. The maximum absolute atomic E-state index is 12.7. The van der Waals surface area contributed by atoms with E-state index in [0.717, 1.165) is 0 Å². The van der Waals surface area contributed by atoms with Crippen molar-refractivity contribution >= 4 is 35.5 Å². The molecule has 0 aromatic rings. The molecule has 0 unspecified atom stereocenters. The van der Waals surface area contributed by atoms with Crippen LogP contribution >= 0.6 is 11.8 Å². The lowest BCUT2D eigenvalue weighted by Gasteiger charge is -2.47. The normalized spacial score (nSPS) is 32.0. The van der Waals surface area contributed by atoms with Crippen LogP contribution in [0.5, 0.6) is 0 Å². The standard InChI is InChI=1S/C19H28N4O5S/c1-8-14-13(9(2)21-10(3)24)18(26)23(14)15(19(27)28)16(8)29-11-6-12(20-7-11)17(25)22(4)5/h8-9,11-14,20H,6-7H2,1-5H3,(H,21,24)(H,27,28)/t8-,9-,11+,12+,13-,14+/m1/s1. The molecule has 2 saturated heterocycles. The summed E-state index contributed by atoms with van der Waals surface area (Å²) in [5, 5.41) is 15.8. The molecular weight excluding hydrogens is 396 g/mol. The van der Waals surface area contributed by atoms with Crippen LogP contribution in [0.3, 0.4) is 0 Å². The Kier molecular flexibility index (Phi) is 5.96. The van der Waals surface area contributed by atoms with Gasteiger partial charge in [-0.05, 0) is 13.3 Å². The summed E-state index contributed by atoms with van der Waals surface area (Å²) in [4.78, 5) is 51.9. The highest BCUT2D eigenvalue weighted by Crippen LogP contribution is 2.51. The molecule has 3 aliphatic heterocycles. The number of thioether (sulfide) groups is 1. The molecule has 3 amide bonds. The highest BCUT2D eigenvalue weighted by atomic mass is 32.2. The van der Waals surface area contributed by atoms with Crippen molar-refractivity contribution in [3.63, 3.8) is 0 Å². The minimum Gasteiger partial charge on any atom is -0.477 e. The van der Waals surface area contributed by atoms with E-state index >= 15 is 0 Å². The molecule has 0 aliphatic carbocycles. The summed E-state index contributed by atoms with van der Waals surface area (Å²) < 4.78 is 0. The average Bonchev–Trinajstić information content (AvgIpc) is 3.16. The lowest BCUT2D eigenvalue weighted by molar-refractivity contribution is -0.158. The zero-order valence-corrected chi connectivity index (χ0v) is 18.1. The van der Waals surface area contributed by atoms with Gasteiger partial charge >= 0.3 is 5.97 Å². The van der Waals surface area contributed by atoms with Crippen LogP contribution in [0.4, 0.5) is 0 Å². The minimum atomic E-state index is -1.12. The van der Waals surface area contributed by atoms with E-state index in [9.17, 15) is 24.3 Å². The van der Waals surface area contributed by atoms with Crippen molar-refractivity contribution in [2.45, 2.75) is 50.6 Å². The molecule has 9 nitrogen and oxygen atoms in total. The van der Waals surface area contributed by atoms with Crippen LogP contribution < -0.4 is 10.6 Å². The second-order valence-corrected chi connectivity index (χ2v) is 9.53. The average molecular weight is 425 g/mol. The molecule has 0 bridgehead atoms. The Bertz CT molecular complexity index is 783. The number of aliphatic carboxylic acids is 1. The first-order valence-corrected chi connectivity index (χ1v) is 10.6. The molecule has 0 saturated carbocycles. The van der Waals surface area contributed by atoms with Gasteiger partial charge in [0.15, 0.2) is 0 Å². The van der Waals surface area contributed by atoms with Gasteiger partial charge in [0.2, 0.25) is 17.7 Å². The van der Waals surface area contributed by atoms with Gasteiger partial charge in [-0.1, -0.05) is 6.92 Å². The summed E-state index contributed by atoms with van der Waals surface area (Å²) in [6.07, 6.45) is 0.606. The maximum atomic E-state index is 12.7. The number of hydrogen-bond donors (Lipinski definition) is 3. The fraction of sp³-hybridized carbons (Fsp3) is 0.684. The number of β-lactam (4-membered cyclic amide) rings is 1. The number of rotatable bonds is 6. The quantitative estimate of drug-likeness (QED) is 0.507. The van der Waals surface area contributed by atoms with Crippen molar-refractivity contribution in [2.24, 2.45) is 11.8 Å². The van der Waals surface area contributed by atoms with E-state index in [2.05, 4.69) is 10.6 Å². The van der Waals surface area contributed by atoms with Crippen molar-refractivity contribution < 1.29 is 24.3 Å². The highest BCUT2D eigenvalue weighted by molar-refractivity contribution is 8.03. The van der Waals surface area contributed by atoms with Crippen LogP contribution in [0, 0.1) is 11.8 Å². The number of carbonyl (C=O) groups is 4. The summed E-state index contributed by atoms with van der Waals surface area (Å²) in [6.45, 7) is 5.71.